The summed E-state index contributed by atoms with van der Waals surface area (Å²) >= 11 is 0. The van der Waals surface area contributed by atoms with E-state index >= 15 is 0 Å². The molecule has 2 aromatic heterocycles. The van der Waals surface area contributed by atoms with Crippen LogP contribution in [-0.2, 0) is 12.8 Å². The van der Waals surface area contributed by atoms with Gasteiger partial charge in [-0.3, -0.25) is 0 Å². The highest BCUT2D eigenvalue weighted by Crippen LogP contribution is 2.30. The van der Waals surface area contributed by atoms with Crippen molar-refractivity contribution < 1.29 is 0 Å². The summed E-state index contributed by atoms with van der Waals surface area (Å²) in [4.78, 5) is 10.1. The Labute approximate surface area is 89.1 Å². The standard InChI is InChI=1S/C12H15N3/c1-15(2)8-6-10-9-4-3-5-13-12(9)14-11(10)7-8/h3-5,8H,6-7H2,1-2H3,(H,13,14)/t8-/m0/s1. The van der Waals surface area contributed by atoms with Crippen LogP contribution in [0.15, 0.2) is 18.3 Å². The highest BCUT2D eigenvalue weighted by atomic mass is 15.1. The second-order valence-corrected chi connectivity index (χ2v) is 4.51. The lowest BCUT2D eigenvalue weighted by atomic mass is 10.1. The molecule has 0 fully saturated rings. The third kappa shape index (κ3) is 1.27. The van der Waals surface area contributed by atoms with Crippen LogP contribution in [0.25, 0.3) is 11.0 Å². The maximum Gasteiger partial charge on any atom is 0.137 e. The van der Waals surface area contributed by atoms with Crippen molar-refractivity contribution in [1.82, 2.24) is 14.9 Å². The molecule has 0 unspecified atom stereocenters. The van der Waals surface area contributed by atoms with Crippen LogP contribution in [0, 0.1) is 0 Å². The molecule has 3 nitrogen and oxygen atoms in total. The number of fused-ring (bicyclic) bond motifs is 3. The summed E-state index contributed by atoms with van der Waals surface area (Å²) in [6.45, 7) is 0. The molecule has 3 heteroatoms. The third-order valence-corrected chi connectivity index (χ3v) is 3.38. The van der Waals surface area contributed by atoms with Gasteiger partial charge in [0, 0.05) is 29.7 Å². The Hall–Kier alpha value is -1.35. The second kappa shape index (κ2) is 3.07. The third-order valence-electron chi connectivity index (χ3n) is 3.38. The molecule has 0 saturated heterocycles. The number of likely N-dealkylation sites (N-methyl/N-ethyl adjacent to an activating group) is 1. The molecule has 1 N–H and O–H groups in total. The fraction of sp³-hybridized carbons (Fsp3) is 0.417. The van der Waals surface area contributed by atoms with Gasteiger partial charge in [0.2, 0.25) is 0 Å². The first-order valence-electron chi connectivity index (χ1n) is 5.36. The van der Waals surface area contributed by atoms with Crippen molar-refractivity contribution in [2.24, 2.45) is 0 Å². The van der Waals surface area contributed by atoms with E-state index in [1.165, 1.54) is 16.6 Å². The molecule has 0 radical (unpaired) electrons. The molecule has 0 amide bonds. The molecule has 0 aliphatic heterocycles. The van der Waals surface area contributed by atoms with Gasteiger partial charge < -0.3 is 9.88 Å². The Morgan fingerprint density at radius 3 is 3.07 bits per heavy atom. The van der Waals surface area contributed by atoms with Crippen LogP contribution in [0.1, 0.15) is 11.3 Å². The SMILES string of the molecule is CN(C)[C@@H]1Cc2[nH]c3ncccc3c2C1. The highest BCUT2D eigenvalue weighted by Gasteiger charge is 2.26. The lowest BCUT2D eigenvalue weighted by Crippen LogP contribution is -2.28. The minimum atomic E-state index is 0.649. The van der Waals surface area contributed by atoms with Crippen LogP contribution in [-0.4, -0.2) is 35.0 Å². The molecule has 0 spiro atoms. The normalized spacial score (nSPS) is 20.1. The zero-order valence-electron chi connectivity index (χ0n) is 9.12. The quantitative estimate of drug-likeness (QED) is 0.760. The Kier molecular flexibility index (Phi) is 1.83. The first kappa shape index (κ1) is 8.92. The van der Waals surface area contributed by atoms with Gasteiger partial charge in [-0.05, 0) is 38.2 Å². The van der Waals surface area contributed by atoms with Gasteiger partial charge in [0.25, 0.3) is 0 Å². The molecular formula is C12H15N3. The number of pyridine rings is 1. The topological polar surface area (TPSA) is 31.9 Å². The van der Waals surface area contributed by atoms with E-state index in [-0.39, 0.29) is 0 Å². The summed E-state index contributed by atoms with van der Waals surface area (Å²) in [6.07, 6.45) is 4.12. The van der Waals surface area contributed by atoms with Gasteiger partial charge in [-0.15, -0.1) is 0 Å². The number of hydrogen-bond donors (Lipinski definition) is 1. The number of nitrogens with one attached hydrogen (secondary N) is 1. The number of rotatable bonds is 1. The molecular weight excluding hydrogens is 186 g/mol. The van der Waals surface area contributed by atoms with E-state index in [9.17, 15) is 0 Å². The molecule has 1 aliphatic carbocycles. The zero-order chi connectivity index (χ0) is 10.4. The molecule has 2 aromatic rings. The first-order valence-corrected chi connectivity index (χ1v) is 5.36. The fourth-order valence-electron chi connectivity index (χ4n) is 2.45. The Balaban J connectivity index is 2.08. The van der Waals surface area contributed by atoms with Crippen molar-refractivity contribution in [2.75, 3.05) is 14.1 Å². The van der Waals surface area contributed by atoms with Gasteiger partial charge in [-0.25, -0.2) is 4.98 Å². The Bertz CT molecular complexity index is 499. The van der Waals surface area contributed by atoms with Crippen LogP contribution in [0.4, 0.5) is 0 Å². The van der Waals surface area contributed by atoms with Crippen molar-refractivity contribution in [3.63, 3.8) is 0 Å². The Morgan fingerprint density at radius 2 is 2.27 bits per heavy atom. The molecule has 0 aromatic carbocycles. The summed E-state index contributed by atoms with van der Waals surface area (Å²) in [5, 5.41) is 1.30. The predicted octanol–water partition coefficient (Wildman–Crippen LogP) is 1.59. The monoisotopic (exact) mass is 201 g/mol. The minimum Gasteiger partial charge on any atom is -0.343 e. The van der Waals surface area contributed by atoms with Crippen molar-refractivity contribution in [2.45, 2.75) is 18.9 Å². The predicted molar refractivity (Wildman–Crippen MR) is 61.0 cm³/mol. The van der Waals surface area contributed by atoms with Gasteiger partial charge in [0.1, 0.15) is 5.65 Å². The van der Waals surface area contributed by atoms with E-state index in [4.69, 9.17) is 0 Å². The summed E-state index contributed by atoms with van der Waals surface area (Å²) < 4.78 is 0. The van der Waals surface area contributed by atoms with E-state index in [1.54, 1.807) is 0 Å². The minimum absolute atomic E-state index is 0.649. The molecule has 2 heterocycles. The maximum atomic E-state index is 4.35. The molecule has 0 saturated carbocycles. The smallest absolute Gasteiger partial charge is 0.137 e. The molecule has 15 heavy (non-hydrogen) atoms. The van der Waals surface area contributed by atoms with E-state index in [1.807, 2.05) is 12.3 Å². The molecule has 78 valence electrons. The highest BCUT2D eigenvalue weighted by molar-refractivity contribution is 5.82. The van der Waals surface area contributed by atoms with Gasteiger partial charge >= 0.3 is 0 Å². The van der Waals surface area contributed by atoms with Crippen molar-refractivity contribution >= 4 is 11.0 Å². The summed E-state index contributed by atoms with van der Waals surface area (Å²) in [6, 6.07) is 4.82. The van der Waals surface area contributed by atoms with Crippen LogP contribution in [0.3, 0.4) is 0 Å². The Morgan fingerprint density at radius 1 is 1.40 bits per heavy atom. The molecule has 3 rings (SSSR count). The zero-order valence-corrected chi connectivity index (χ0v) is 9.12. The lowest BCUT2D eigenvalue weighted by molar-refractivity contribution is 0.303. The van der Waals surface area contributed by atoms with Crippen LogP contribution < -0.4 is 0 Å². The van der Waals surface area contributed by atoms with Crippen LogP contribution in [0.5, 0.6) is 0 Å². The number of H-pyrrole nitrogens is 1. The summed E-state index contributed by atoms with van der Waals surface area (Å²) in [7, 11) is 4.30. The molecule has 1 atom stereocenters. The van der Waals surface area contributed by atoms with Crippen molar-refractivity contribution in [3.8, 4) is 0 Å². The van der Waals surface area contributed by atoms with Crippen LogP contribution in [0.2, 0.25) is 0 Å². The van der Waals surface area contributed by atoms with Crippen molar-refractivity contribution in [1.29, 1.82) is 0 Å². The van der Waals surface area contributed by atoms with Gasteiger partial charge in [-0.2, -0.15) is 0 Å². The van der Waals surface area contributed by atoms with E-state index in [0.29, 0.717) is 6.04 Å². The fourth-order valence-corrected chi connectivity index (χ4v) is 2.45. The second-order valence-electron chi connectivity index (χ2n) is 4.51. The van der Waals surface area contributed by atoms with Crippen LogP contribution >= 0.6 is 0 Å². The first-order chi connectivity index (χ1) is 7.25. The molecule has 0 bridgehead atoms. The number of nitrogens with zero attached hydrogens (tertiary/aromatic N) is 2. The lowest BCUT2D eigenvalue weighted by Gasteiger charge is -2.18. The van der Waals surface area contributed by atoms with Gasteiger partial charge in [0.05, 0.1) is 0 Å². The summed E-state index contributed by atoms with van der Waals surface area (Å²) in [5.74, 6) is 0. The van der Waals surface area contributed by atoms with Gasteiger partial charge in [0.15, 0.2) is 0 Å². The molecule has 1 aliphatic rings. The van der Waals surface area contributed by atoms with E-state index < -0.39 is 0 Å². The average molecular weight is 201 g/mol. The number of aromatic nitrogens is 2. The maximum absolute atomic E-state index is 4.35. The average Bonchev–Trinajstić information content (AvgIpc) is 2.73. The van der Waals surface area contributed by atoms with E-state index in [2.05, 4.69) is 35.0 Å². The van der Waals surface area contributed by atoms with E-state index in [0.717, 1.165) is 18.5 Å². The van der Waals surface area contributed by atoms with Crippen molar-refractivity contribution in [3.05, 3.63) is 29.6 Å². The number of hydrogen-bond acceptors (Lipinski definition) is 2. The number of aromatic amines is 1. The summed E-state index contributed by atoms with van der Waals surface area (Å²) in [5.41, 5.74) is 3.89. The van der Waals surface area contributed by atoms with Gasteiger partial charge in [-0.1, -0.05) is 0 Å². The largest absolute Gasteiger partial charge is 0.343 e.